The second-order valence-corrected chi connectivity index (χ2v) is 6.44. The van der Waals surface area contributed by atoms with Crippen molar-refractivity contribution < 1.29 is 27.4 Å². The lowest BCUT2D eigenvalue weighted by atomic mass is 10.1. The van der Waals surface area contributed by atoms with Crippen LogP contribution in [0.15, 0.2) is 60.7 Å². The molecule has 0 saturated carbocycles. The van der Waals surface area contributed by atoms with E-state index in [1.807, 2.05) is 0 Å². The van der Waals surface area contributed by atoms with Crippen molar-refractivity contribution >= 4 is 11.6 Å². The molecule has 0 atom stereocenters. The fourth-order valence-electron chi connectivity index (χ4n) is 2.80. The summed E-state index contributed by atoms with van der Waals surface area (Å²) in [6, 6.07) is 14.4. The quantitative estimate of drug-likeness (QED) is 0.568. The van der Waals surface area contributed by atoms with Crippen LogP contribution in [-0.2, 0) is 17.5 Å². The number of rotatable bonds is 6. The van der Waals surface area contributed by atoms with Gasteiger partial charge in [0.2, 0.25) is 0 Å². The number of para-hydroxylation sites is 1. The molecular weight excluding hydrogens is 397 g/mol. The molecule has 0 saturated heterocycles. The normalized spacial score (nSPS) is 11.2. The van der Waals surface area contributed by atoms with Crippen molar-refractivity contribution in [3.63, 3.8) is 0 Å². The molecule has 156 valence electrons. The van der Waals surface area contributed by atoms with Crippen LogP contribution in [0.2, 0.25) is 0 Å². The van der Waals surface area contributed by atoms with E-state index in [9.17, 15) is 18.0 Å². The Balaban J connectivity index is 1.70. The van der Waals surface area contributed by atoms with Crippen molar-refractivity contribution in [1.29, 1.82) is 0 Å². The fraction of sp³-hybridized carbons (Fsp3) is 0.182. The average Bonchev–Trinajstić information content (AvgIpc) is 2.69. The number of nitrogens with zero attached hydrogens (tertiary/aromatic N) is 1. The summed E-state index contributed by atoms with van der Waals surface area (Å²) >= 11 is 0. The van der Waals surface area contributed by atoms with Crippen LogP contribution in [0.1, 0.15) is 27.3 Å². The summed E-state index contributed by atoms with van der Waals surface area (Å²) in [5.41, 5.74) is 1.30. The van der Waals surface area contributed by atoms with Crippen LogP contribution in [0, 0.1) is 6.92 Å². The van der Waals surface area contributed by atoms with Crippen molar-refractivity contribution in [2.75, 3.05) is 12.4 Å². The van der Waals surface area contributed by atoms with Gasteiger partial charge in [-0.25, -0.2) is 0 Å². The zero-order valence-corrected chi connectivity index (χ0v) is 16.3. The van der Waals surface area contributed by atoms with Gasteiger partial charge in [0.15, 0.2) is 0 Å². The Hall–Kier alpha value is -3.39. The SMILES string of the molecule is COCc1ccc(C(=O)Nc2ccc(Oc3ccccc3C(F)(F)F)cc2)c(C)n1. The number of benzene rings is 2. The lowest BCUT2D eigenvalue weighted by Gasteiger charge is -2.14. The van der Waals surface area contributed by atoms with Gasteiger partial charge in [-0.2, -0.15) is 13.2 Å². The zero-order chi connectivity index (χ0) is 21.7. The largest absolute Gasteiger partial charge is 0.457 e. The average molecular weight is 416 g/mol. The number of pyridine rings is 1. The van der Waals surface area contributed by atoms with Crippen LogP contribution in [0.25, 0.3) is 0 Å². The lowest BCUT2D eigenvalue weighted by molar-refractivity contribution is -0.138. The van der Waals surface area contributed by atoms with Crippen LogP contribution in [0.3, 0.4) is 0 Å². The molecule has 0 aliphatic heterocycles. The number of carbonyl (C=O) groups is 1. The molecule has 1 aromatic heterocycles. The number of aromatic nitrogens is 1. The van der Waals surface area contributed by atoms with Gasteiger partial charge in [-0.3, -0.25) is 9.78 Å². The predicted octanol–water partition coefficient (Wildman–Crippen LogP) is 5.60. The molecule has 3 rings (SSSR count). The molecule has 0 bridgehead atoms. The van der Waals surface area contributed by atoms with Crippen LogP contribution in [-0.4, -0.2) is 18.0 Å². The number of hydrogen-bond acceptors (Lipinski definition) is 4. The molecule has 0 radical (unpaired) electrons. The number of alkyl halides is 3. The number of aryl methyl sites for hydroxylation is 1. The standard InChI is InChI=1S/C22H19F3N2O3/c1-14-18(12-9-16(26-14)13-29-2)21(28)27-15-7-10-17(11-8-15)30-20-6-4-3-5-19(20)22(23,24)25/h3-12H,13H2,1-2H3,(H,27,28). The summed E-state index contributed by atoms with van der Waals surface area (Å²) in [4.78, 5) is 16.8. The number of anilines is 1. The Kier molecular flexibility index (Phi) is 6.37. The number of nitrogens with one attached hydrogen (secondary N) is 1. The van der Waals surface area contributed by atoms with Crippen molar-refractivity contribution in [3.05, 3.63) is 83.2 Å². The Labute approximate surface area is 171 Å². The number of hydrogen-bond donors (Lipinski definition) is 1. The Morgan fingerprint density at radius 1 is 1.03 bits per heavy atom. The molecule has 30 heavy (non-hydrogen) atoms. The number of carbonyl (C=O) groups excluding carboxylic acids is 1. The van der Waals surface area contributed by atoms with Crippen LogP contribution in [0.4, 0.5) is 18.9 Å². The third-order valence-corrected chi connectivity index (χ3v) is 4.21. The zero-order valence-electron chi connectivity index (χ0n) is 16.3. The first-order valence-corrected chi connectivity index (χ1v) is 8.99. The van der Waals surface area contributed by atoms with Crippen molar-refractivity contribution in [2.45, 2.75) is 19.7 Å². The van der Waals surface area contributed by atoms with E-state index in [2.05, 4.69) is 10.3 Å². The number of halogens is 3. The van der Waals surface area contributed by atoms with E-state index in [4.69, 9.17) is 9.47 Å². The Morgan fingerprint density at radius 2 is 1.73 bits per heavy atom. The molecular formula is C22H19F3N2O3. The van der Waals surface area contributed by atoms with Crippen molar-refractivity contribution in [1.82, 2.24) is 4.98 Å². The van der Waals surface area contributed by atoms with Gasteiger partial charge >= 0.3 is 6.18 Å². The maximum Gasteiger partial charge on any atom is 0.419 e. The minimum absolute atomic E-state index is 0.214. The molecule has 0 spiro atoms. The topological polar surface area (TPSA) is 60.5 Å². The Morgan fingerprint density at radius 3 is 2.37 bits per heavy atom. The second-order valence-electron chi connectivity index (χ2n) is 6.44. The molecule has 8 heteroatoms. The molecule has 0 aliphatic carbocycles. The van der Waals surface area contributed by atoms with Crippen LogP contribution >= 0.6 is 0 Å². The van der Waals surface area contributed by atoms with Gasteiger partial charge in [0.1, 0.15) is 11.5 Å². The van der Waals surface area contributed by atoms with Gasteiger partial charge in [0, 0.05) is 12.8 Å². The van der Waals surface area contributed by atoms with Gasteiger partial charge in [-0.05, 0) is 55.5 Å². The van der Waals surface area contributed by atoms with E-state index in [1.54, 1.807) is 38.3 Å². The van der Waals surface area contributed by atoms with Gasteiger partial charge in [-0.15, -0.1) is 0 Å². The molecule has 0 fully saturated rings. The highest BCUT2D eigenvalue weighted by atomic mass is 19.4. The molecule has 2 aromatic carbocycles. The molecule has 1 N–H and O–H groups in total. The number of amides is 1. The second kappa shape index (κ2) is 8.96. The molecule has 0 unspecified atom stereocenters. The molecule has 1 amide bonds. The highest BCUT2D eigenvalue weighted by Crippen LogP contribution is 2.38. The molecule has 0 aliphatic rings. The first-order valence-electron chi connectivity index (χ1n) is 8.99. The monoisotopic (exact) mass is 416 g/mol. The van der Waals surface area contributed by atoms with Gasteiger partial charge in [-0.1, -0.05) is 12.1 Å². The van der Waals surface area contributed by atoms with Gasteiger partial charge in [0.25, 0.3) is 5.91 Å². The number of methoxy groups -OCH3 is 1. The van der Waals surface area contributed by atoms with Crippen molar-refractivity contribution in [3.8, 4) is 11.5 Å². The Bertz CT molecular complexity index is 1030. The summed E-state index contributed by atoms with van der Waals surface area (Å²) in [5.74, 6) is -0.425. The van der Waals surface area contributed by atoms with Crippen LogP contribution in [0.5, 0.6) is 11.5 Å². The van der Waals surface area contributed by atoms with Gasteiger partial charge in [0.05, 0.1) is 29.1 Å². The molecule has 5 nitrogen and oxygen atoms in total. The van der Waals surface area contributed by atoms with E-state index in [-0.39, 0.29) is 17.4 Å². The fourth-order valence-corrected chi connectivity index (χ4v) is 2.80. The third kappa shape index (κ3) is 5.15. The minimum Gasteiger partial charge on any atom is -0.457 e. The maximum absolute atomic E-state index is 13.1. The highest BCUT2D eigenvalue weighted by molar-refractivity contribution is 6.05. The molecule has 1 heterocycles. The highest BCUT2D eigenvalue weighted by Gasteiger charge is 2.34. The lowest BCUT2D eigenvalue weighted by Crippen LogP contribution is -2.14. The molecule has 3 aromatic rings. The van der Waals surface area contributed by atoms with Crippen LogP contribution < -0.4 is 10.1 Å². The van der Waals surface area contributed by atoms with E-state index in [1.165, 1.54) is 30.3 Å². The van der Waals surface area contributed by atoms with E-state index in [0.717, 1.165) is 6.07 Å². The first-order chi connectivity index (χ1) is 14.3. The summed E-state index contributed by atoms with van der Waals surface area (Å²) in [6.45, 7) is 2.07. The first kappa shape index (κ1) is 21.3. The summed E-state index contributed by atoms with van der Waals surface area (Å²) in [7, 11) is 1.56. The maximum atomic E-state index is 13.1. The summed E-state index contributed by atoms with van der Waals surface area (Å²) in [5, 5.41) is 2.73. The minimum atomic E-state index is -4.52. The summed E-state index contributed by atoms with van der Waals surface area (Å²) < 4.78 is 49.6. The number of ether oxygens (including phenoxy) is 2. The van der Waals surface area contributed by atoms with E-state index < -0.39 is 11.7 Å². The van der Waals surface area contributed by atoms with E-state index in [0.29, 0.717) is 29.2 Å². The predicted molar refractivity (Wildman–Crippen MR) is 106 cm³/mol. The van der Waals surface area contributed by atoms with Gasteiger partial charge < -0.3 is 14.8 Å². The van der Waals surface area contributed by atoms with Crippen molar-refractivity contribution in [2.24, 2.45) is 0 Å². The third-order valence-electron chi connectivity index (χ3n) is 4.21. The summed E-state index contributed by atoms with van der Waals surface area (Å²) in [6.07, 6.45) is -4.52. The smallest absolute Gasteiger partial charge is 0.419 e. The van der Waals surface area contributed by atoms with E-state index >= 15 is 0 Å².